The van der Waals surface area contributed by atoms with Gasteiger partial charge in [-0.05, 0) is 56.4 Å². The van der Waals surface area contributed by atoms with Gasteiger partial charge in [0, 0.05) is 32.2 Å². The minimum atomic E-state index is -3.69. The third-order valence-corrected chi connectivity index (χ3v) is 7.05. The molecule has 0 unspecified atom stereocenters. The Bertz CT molecular complexity index is 837. The Morgan fingerprint density at radius 1 is 1.22 bits per heavy atom. The van der Waals surface area contributed by atoms with Gasteiger partial charge >= 0.3 is 5.97 Å². The lowest BCUT2D eigenvalue weighted by Gasteiger charge is -2.32. The van der Waals surface area contributed by atoms with Crippen LogP contribution in [0.4, 0.5) is 5.69 Å². The number of hydrogen-bond donors (Lipinski definition) is 0. The average molecular weight is 394 g/mol. The van der Waals surface area contributed by atoms with E-state index in [1.165, 1.54) is 11.2 Å². The predicted octanol–water partition coefficient (Wildman–Crippen LogP) is 1.95. The molecule has 0 aliphatic carbocycles. The number of amides is 1. The van der Waals surface area contributed by atoms with Crippen molar-refractivity contribution in [3.8, 4) is 0 Å². The number of fused-ring (bicyclic) bond motifs is 1. The molecule has 27 heavy (non-hydrogen) atoms. The Kier molecular flexibility index (Phi) is 5.86. The van der Waals surface area contributed by atoms with Crippen molar-refractivity contribution < 1.29 is 22.7 Å². The molecule has 0 aromatic heterocycles. The van der Waals surface area contributed by atoms with Gasteiger partial charge in [-0.15, -0.1) is 0 Å². The first-order valence-electron chi connectivity index (χ1n) is 9.42. The van der Waals surface area contributed by atoms with E-state index in [1.807, 2.05) is 0 Å². The van der Waals surface area contributed by atoms with Gasteiger partial charge in [0.25, 0.3) is 0 Å². The van der Waals surface area contributed by atoms with Crippen LogP contribution in [0.1, 0.15) is 38.7 Å². The van der Waals surface area contributed by atoms with Gasteiger partial charge in [-0.2, -0.15) is 4.31 Å². The normalized spacial score (nSPS) is 20.8. The van der Waals surface area contributed by atoms with Crippen molar-refractivity contribution in [3.05, 3.63) is 23.8 Å². The highest BCUT2D eigenvalue weighted by Gasteiger charge is 2.34. The summed E-state index contributed by atoms with van der Waals surface area (Å²) in [7, 11) is -3.69. The maximum atomic E-state index is 13.1. The molecule has 8 heteroatoms. The van der Waals surface area contributed by atoms with Crippen molar-refractivity contribution in [3.63, 3.8) is 0 Å². The van der Waals surface area contributed by atoms with Gasteiger partial charge in [0.05, 0.1) is 17.4 Å². The summed E-state index contributed by atoms with van der Waals surface area (Å²) in [5, 5.41) is 0. The summed E-state index contributed by atoms with van der Waals surface area (Å²) in [6, 6.07) is 4.95. The number of carbonyl (C=O) groups excluding carboxylic acids is 2. The molecule has 2 aliphatic heterocycles. The van der Waals surface area contributed by atoms with Crippen LogP contribution in [0.5, 0.6) is 0 Å². The first-order chi connectivity index (χ1) is 12.8. The monoisotopic (exact) mass is 394 g/mol. The largest absolute Gasteiger partial charge is 0.466 e. The minimum Gasteiger partial charge on any atom is -0.466 e. The predicted molar refractivity (Wildman–Crippen MR) is 101 cm³/mol. The zero-order valence-electron chi connectivity index (χ0n) is 15.8. The van der Waals surface area contributed by atoms with Crippen LogP contribution in [0.25, 0.3) is 0 Å². The molecule has 1 amide bonds. The molecule has 2 heterocycles. The van der Waals surface area contributed by atoms with Crippen LogP contribution < -0.4 is 4.90 Å². The van der Waals surface area contributed by atoms with Gasteiger partial charge in [0.1, 0.15) is 0 Å². The summed E-state index contributed by atoms with van der Waals surface area (Å²) in [5.74, 6) is -0.792. The molecule has 0 bridgehead atoms. The van der Waals surface area contributed by atoms with Crippen molar-refractivity contribution in [1.29, 1.82) is 0 Å². The SMILES string of the molecule is CCOC(=O)[C@H]1CCCN(S(=O)(=O)c2ccc3c(c2)CCCN3C(C)=O)C1. The highest BCUT2D eigenvalue weighted by molar-refractivity contribution is 7.89. The maximum absolute atomic E-state index is 13.1. The Morgan fingerprint density at radius 3 is 2.70 bits per heavy atom. The van der Waals surface area contributed by atoms with Crippen molar-refractivity contribution in [2.45, 2.75) is 44.4 Å². The lowest BCUT2D eigenvalue weighted by Crippen LogP contribution is -2.42. The van der Waals surface area contributed by atoms with Crippen LogP contribution in [-0.2, 0) is 30.8 Å². The zero-order chi connectivity index (χ0) is 19.6. The second kappa shape index (κ2) is 7.98. The van der Waals surface area contributed by atoms with Crippen LogP contribution >= 0.6 is 0 Å². The fourth-order valence-electron chi connectivity index (χ4n) is 3.82. The summed E-state index contributed by atoms with van der Waals surface area (Å²) < 4.78 is 32.7. The second-order valence-corrected chi connectivity index (χ2v) is 8.96. The highest BCUT2D eigenvalue weighted by Crippen LogP contribution is 2.31. The van der Waals surface area contributed by atoms with Gasteiger partial charge in [0.2, 0.25) is 15.9 Å². The number of nitrogens with zero attached hydrogens (tertiary/aromatic N) is 2. The summed E-state index contributed by atoms with van der Waals surface area (Å²) in [5.41, 5.74) is 1.66. The Balaban J connectivity index is 1.85. The van der Waals surface area contributed by atoms with E-state index in [2.05, 4.69) is 0 Å². The van der Waals surface area contributed by atoms with Crippen LogP contribution in [0.15, 0.2) is 23.1 Å². The van der Waals surface area contributed by atoms with Crippen molar-refractivity contribution in [1.82, 2.24) is 4.31 Å². The Morgan fingerprint density at radius 2 is 2.00 bits per heavy atom. The Labute approximate surface area is 160 Å². The molecule has 148 valence electrons. The molecular weight excluding hydrogens is 368 g/mol. The van der Waals surface area contributed by atoms with Gasteiger partial charge in [-0.3, -0.25) is 9.59 Å². The van der Waals surface area contributed by atoms with E-state index < -0.39 is 15.9 Å². The van der Waals surface area contributed by atoms with E-state index in [0.29, 0.717) is 32.5 Å². The fraction of sp³-hybridized carbons (Fsp3) is 0.579. The molecule has 0 spiro atoms. The minimum absolute atomic E-state index is 0.0418. The average Bonchev–Trinajstić information content (AvgIpc) is 2.67. The van der Waals surface area contributed by atoms with Gasteiger partial charge < -0.3 is 9.64 Å². The maximum Gasteiger partial charge on any atom is 0.310 e. The van der Waals surface area contributed by atoms with Crippen LogP contribution in [-0.4, -0.2) is 50.8 Å². The summed E-state index contributed by atoms with van der Waals surface area (Å²) >= 11 is 0. The number of carbonyl (C=O) groups is 2. The second-order valence-electron chi connectivity index (χ2n) is 7.02. The standard InChI is InChI=1S/C19H26N2O5S/c1-3-26-19(23)16-7-4-10-20(13-16)27(24,25)17-8-9-18-15(12-17)6-5-11-21(18)14(2)22/h8-9,12,16H,3-7,10-11,13H2,1-2H3/t16-/m0/s1. The van der Waals surface area contributed by atoms with Crippen molar-refractivity contribution >= 4 is 27.6 Å². The molecule has 1 saturated heterocycles. The Hall–Kier alpha value is -1.93. The fourth-order valence-corrected chi connectivity index (χ4v) is 5.40. The first kappa shape index (κ1) is 19.8. The third-order valence-electron chi connectivity index (χ3n) is 5.19. The number of piperidine rings is 1. The molecule has 1 aromatic carbocycles. The van der Waals surface area contributed by atoms with Crippen molar-refractivity contribution in [2.24, 2.45) is 5.92 Å². The molecule has 0 saturated carbocycles. The smallest absolute Gasteiger partial charge is 0.310 e. The lowest BCUT2D eigenvalue weighted by molar-refractivity contribution is -0.149. The van der Waals surface area contributed by atoms with Crippen LogP contribution in [0, 0.1) is 5.92 Å². The number of anilines is 1. The summed E-state index contributed by atoms with van der Waals surface area (Å²) in [6.07, 6.45) is 2.83. The van der Waals surface area contributed by atoms with E-state index in [-0.39, 0.29) is 23.3 Å². The molecule has 0 N–H and O–H groups in total. The summed E-state index contributed by atoms with van der Waals surface area (Å²) in [4.78, 5) is 25.7. The number of hydrogen-bond acceptors (Lipinski definition) is 5. The third kappa shape index (κ3) is 4.01. The highest BCUT2D eigenvalue weighted by atomic mass is 32.2. The van der Waals surface area contributed by atoms with Crippen LogP contribution in [0.2, 0.25) is 0 Å². The number of sulfonamides is 1. The van der Waals surface area contributed by atoms with Gasteiger partial charge in [-0.25, -0.2) is 8.42 Å². The number of esters is 1. The summed E-state index contributed by atoms with van der Waals surface area (Å²) in [6.45, 7) is 4.75. The molecule has 1 aromatic rings. The number of ether oxygens (including phenoxy) is 1. The lowest BCUT2D eigenvalue weighted by atomic mass is 10.0. The van der Waals surface area contributed by atoms with Crippen molar-refractivity contribution in [2.75, 3.05) is 31.1 Å². The van der Waals surface area contributed by atoms with E-state index in [0.717, 1.165) is 24.1 Å². The van der Waals surface area contributed by atoms with E-state index in [1.54, 1.807) is 30.0 Å². The zero-order valence-corrected chi connectivity index (χ0v) is 16.6. The molecule has 3 rings (SSSR count). The first-order valence-corrected chi connectivity index (χ1v) is 10.9. The molecule has 7 nitrogen and oxygen atoms in total. The van der Waals surface area contributed by atoms with Gasteiger partial charge in [0.15, 0.2) is 0 Å². The molecule has 2 aliphatic rings. The molecular formula is C19H26N2O5S. The molecule has 0 radical (unpaired) electrons. The van der Waals surface area contributed by atoms with Gasteiger partial charge in [-0.1, -0.05) is 0 Å². The van der Waals surface area contributed by atoms with Crippen LogP contribution in [0.3, 0.4) is 0 Å². The number of aryl methyl sites for hydroxylation is 1. The molecule has 1 atom stereocenters. The quantitative estimate of drug-likeness (QED) is 0.729. The van der Waals surface area contributed by atoms with E-state index >= 15 is 0 Å². The van der Waals surface area contributed by atoms with E-state index in [4.69, 9.17) is 4.74 Å². The number of rotatable bonds is 4. The molecule has 1 fully saturated rings. The number of benzene rings is 1. The topological polar surface area (TPSA) is 84.0 Å². The van der Waals surface area contributed by atoms with E-state index in [9.17, 15) is 18.0 Å².